The summed E-state index contributed by atoms with van der Waals surface area (Å²) in [7, 11) is 0. The molecule has 0 radical (unpaired) electrons. The number of piperidine rings is 1. The van der Waals surface area contributed by atoms with Crippen molar-refractivity contribution in [1.82, 2.24) is 10.2 Å². The number of likely N-dealkylation sites (tertiary alicyclic amines) is 1. The first kappa shape index (κ1) is 17.0. The van der Waals surface area contributed by atoms with Crippen LogP contribution in [0.15, 0.2) is 12.7 Å². The highest BCUT2D eigenvalue weighted by atomic mass is 16.6. The Kier molecular flexibility index (Phi) is 6.06. The summed E-state index contributed by atoms with van der Waals surface area (Å²) in [6.45, 7) is 14.3. The lowest BCUT2D eigenvalue weighted by atomic mass is 9.87. The molecule has 1 saturated heterocycles. The summed E-state index contributed by atoms with van der Waals surface area (Å²) in [5.41, 5.74) is -0.447. The zero-order valence-electron chi connectivity index (χ0n) is 13.5. The number of amides is 1. The third-order valence-electron chi connectivity index (χ3n) is 3.71. The first-order valence-electron chi connectivity index (χ1n) is 7.68. The van der Waals surface area contributed by atoms with Crippen LogP contribution in [0, 0.1) is 0 Å². The van der Waals surface area contributed by atoms with E-state index in [1.165, 1.54) is 12.8 Å². The van der Waals surface area contributed by atoms with Crippen molar-refractivity contribution in [2.24, 2.45) is 0 Å². The molecule has 0 bridgehead atoms. The molecule has 0 saturated carbocycles. The van der Waals surface area contributed by atoms with Gasteiger partial charge in [0.05, 0.1) is 0 Å². The molecule has 1 aliphatic rings. The van der Waals surface area contributed by atoms with Crippen molar-refractivity contribution in [2.45, 2.75) is 64.5 Å². The summed E-state index contributed by atoms with van der Waals surface area (Å²) in [5.74, 6) is 0. The second-order valence-electron chi connectivity index (χ2n) is 6.61. The number of unbranched alkanes of at least 4 members (excludes halogenated alkanes) is 1. The van der Waals surface area contributed by atoms with E-state index in [-0.39, 0.29) is 11.6 Å². The Hall–Kier alpha value is -1.03. The largest absolute Gasteiger partial charge is 0.444 e. The average Bonchev–Trinajstić information content (AvgIpc) is 2.38. The Labute approximate surface area is 123 Å². The van der Waals surface area contributed by atoms with E-state index in [2.05, 4.69) is 18.8 Å². The molecule has 116 valence electrons. The lowest BCUT2D eigenvalue weighted by Crippen LogP contribution is -2.54. The maximum absolute atomic E-state index is 12.0. The predicted molar refractivity (Wildman–Crippen MR) is 82.9 cm³/mol. The normalized spacial score (nSPS) is 18.7. The minimum absolute atomic E-state index is 0.0202. The zero-order valence-corrected chi connectivity index (χ0v) is 13.5. The summed E-state index contributed by atoms with van der Waals surface area (Å²) in [6, 6.07) is 0. The molecule has 1 fully saturated rings. The lowest BCUT2D eigenvalue weighted by molar-refractivity contribution is 0.0172. The van der Waals surface area contributed by atoms with Crippen molar-refractivity contribution >= 4 is 6.09 Å². The van der Waals surface area contributed by atoms with Crippen LogP contribution in [0.2, 0.25) is 0 Å². The number of ether oxygens (including phenoxy) is 1. The molecule has 0 atom stereocenters. The van der Waals surface area contributed by atoms with E-state index in [1.54, 1.807) is 4.90 Å². The van der Waals surface area contributed by atoms with Gasteiger partial charge in [0.15, 0.2) is 0 Å². The highest BCUT2D eigenvalue weighted by molar-refractivity contribution is 5.68. The Balaban J connectivity index is 2.48. The first-order chi connectivity index (χ1) is 9.32. The van der Waals surface area contributed by atoms with Crippen molar-refractivity contribution in [3.05, 3.63) is 12.7 Å². The summed E-state index contributed by atoms with van der Waals surface area (Å²) in [5, 5.41) is 3.60. The Bertz CT molecular complexity index is 326. The van der Waals surface area contributed by atoms with Crippen LogP contribution >= 0.6 is 0 Å². The van der Waals surface area contributed by atoms with Gasteiger partial charge < -0.3 is 15.0 Å². The Morgan fingerprint density at radius 1 is 1.40 bits per heavy atom. The highest BCUT2D eigenvalue weighted by Gasteiger charge is 2.34. The molecule has 0 aromatic rings. The fourth-order valence-corrected chi connectivity index (χ4v) is 2.38. The standard InChI is InChI=1S/C16H30N2O2/c1-6-8-11-17-16(7-2)9-12-18(13-10-16)14(19)20-15(3,4)5/h7,17H,2,6,8-13H2,1,3-5H3. The minimum Gasteiger partial charge on any atom is -0.444 e. The second kappa shape index (κ2) is 7.11. The Morgan fingerprint density at radius 3 is 2.45 bits per heavy atom. The first-order valence-corrected chi connectivity index (χ1v) is 7.68. The lowest BCUT2D eigenvalue weighted by Gasteiger charge is -2.41. The fourth-order valence-electron chi connectivity index (χ4n) is 2.38. The number of carbonyl (C=O) groups is 1. The Morgan fingerprint density at radius 2 is 2.00 bits per heavy atom. The number of nitrogens with zero attached hydrogens (tertiary/aromatic N) is 1. The number of nitrogens with one attached hydrogen (secondary N) is 1. The van der Waals surface area contributed by atoms with Crippen LogP contribution in [0.5, 0.6) is 0 Å². The van der Waals surface area contributed by atoms with Gasteiger partial charge in [-0.1, -0.05) is 19.4 Å². The molecule has 0 aliphatic carbocycles. The van der Waals surface area contributed by atoms with Gasteiger partial charge >= 0.3 is 6.09 Å². The molecular formula is C16H30N2O2. The minimum atomic E-state index is -0.427. The van der Waals surface area contributed by atoms with E-state index in [4.69, 9.17) is 4.74 Å². The van der Waals surface area contributed by atoms with Gasteiger partial charge in [-0.05, 0) is 46.6 Å². The average molecular weight is 282 g/mol. The third-order valence-corrected chi connectivity index (χ3v) is 3.71. The number of hydrogen-bond donors (Lipinski definition) is 1. The van der Waals surface area contributed by atoms with Gasteiger partial charge in [-0.25, -0.2) is 4.79 Å². The van der Waals surface area contributed by atoms with Crippen molar-refractivity contribution in [1.29, 1.82) is 0 Å². The molecule has 20 heavy (non-hydrogen) atoms. The van der Waals surface area contributed by atoms with Crippen LogP contribution in [0.1, 0.15) is 53.4 Å². The number of hydrogen-bond acceptors (Lipinski definition) is 3. The van der Waals surface area contributed by atoms with Gasteiger partial charge in [0.2, 0.25) is 0 Å². The quantitative estimate of drug-likeness (QED) is 0.621. The maximum atomic E-state index is 12.0. The molecule has 1 rings (SSSR count). The second-order valence-corrected chi connectivity index (χ2v) is 6.61. The van der Waals surface area contributed by atoms with E-state index >= 15 is 0 Å². The van der Waals surface area contributed by atoms with Crippen LogP contribution in [0.4, 0.5) is 4.79 Å². The molecule has 1 amide bonds. The number of carbonyl (C=O) groups excluding carboxylic acids is 1. The summed E-state index contributed by atoms with van der Waals surface area (Å²) >= 11 is 0. The van der Waals surface area contributed by atoms with Gasteiger partial charge in [-0.2, -0.15) is 0 Å². The zero-order chi connectivity index (χ0) is 15.2. The topological polar surface area (TPSA) is 41.6 Å². The fraction of sp³-hybridized carbons (Fsp3) is 0.812. The molecule has 4 nitrogen and oxygen atoms in total. The molecule has 4 heteroatoms. The molecule has 1 aliphatic heterocycles. The third kappa shape index (κ3) is 5.16. The van der Waals surface area contributed by atoms with Crippen LogP contribution in [0.3, 0.4) is 0 Å². The van der Waals surface area contributed by atoms with E-state index in [0.717, 1.165) is 32.5 Å². The van der Waals surface area contributed by atoms with E-state index in [1.807, 2.05) is 26.8 Å². The smallest absolute Gasteiger partial charge is 0.410 e. The van der Waals surface area contributed by atoms with Crippen molar-refractivity contribution in [3.63, 3.8) is 0 Å². The molecular weight excluding hydrogens is 252 g/mol. The van der Waals surface area contributed by atoms with Crippen molar-refractivity contribution in [3.8, 4) is 0 Å². The number of rotatable bonds is 5. The summed E-state index contributed by atoms with van der Waals surface area (Å²) in [6.07, 6.45) is 5.97. The predicted octanol–water partition coefficient (Wildman–Crippen LogP) is 3.33. The maximum Gasteiger partial charge on any atom is 0.410 e. The van der Waals surface area contributed by atoms with Gasteiger partial charge in [-0.3, -0.25) is 0 Å². The van der Waals surface area contributed by atoms with E-state index in [0.29, 0.717) is 0 Å². The molecule has 0 spiro atoms. The van der Waals surface area contributed by atoms with E-state index in [9.17, 15) is 4.79 Å². The van der Waals surface area contributed by atoms with Crippen molar-refractivity contribution < 1.29 is 9.53 Å². The summed E-state index contributed by atoms with van der Waals surface area (Å²) in [4.78, 5) is 13.8. The van der Waals surface area contributed by atoms with Gasteiger partial charge in [-0.15, -0.1) is 6.58 Å². The van der Waals surface area contributed by atoms with Crippen LogP contribution < -0.4 is 5.32 Å². The SMILES string of the molecule is C=CC1(NCCCC)CCN(C(=O)OC(C)(C)C)CC1. The van der Waals surface area contributed by atoms with Crippen LogP contribution in [-0.4, -0.2) is 41.8 Å². The van der Waals surface area contributed by atoms with Crippen molar-refractivity contribution in [2.75, 3.05) is 19.6 Å². The van der Waals surface area contributed by atoms with Crippen LogP contribution in [0.25, 0.3) is 0 Å². The monoisotopic (exact) mass is 282 g/mol. The van der Waals surface area contributed by atoms with Gasteiger partial charge in [0.1, 0.15) is 5.60 Å². The molecule has 0 aromatic heterocycles. The van der Waals surface area contributed by atoms with E-state index < -0.39 is 5.60 Å². The van der Waals surface area contributed by atoms with Gasteiger partial charge in [0, 0.05) is 18.6 Å². The highest BCUT2D eigenvalue weighted by Crippen LogP contribution is 2.24. The summed E-state index contributed by atoms with van der Waals surface area (Å²) < 4.78 is 5.42. The van der Waals surface area contributed by atoms with Crippen LogP contribution in [-0.2, 0) is 4.74 Å². The van der Waals surface area contributed by atoms with Gasteiger partial charge in [0.25, 0.3) is 0 Å². The molecule has 0 unspecified atom stereocenters. The molecule has 1 N–H and O–H groups in total. The molecule has 0 aromatic carbocycles. The molecule has 1 heterocycles.